The van der Waals surface area contributed by atoms with Crippen LogP contribution < -0.4 is 15.4 Å². The van der Waals surface area contributed by atoms with Gasteiger partial charge in [0.2, 0.25) is 5.82 Å². The Balaban J connectivity index is 1.69. The van der Waals surface area contributed by atoms with Gasteiger partial charge in [0, 0.05) is 19.0 Å². The van der Waals surface area contributed by atoms with Crippen LogP contribution in [0.1, 0.15) is 47.5 Å². The number of hydrogen-bond acceptors (Lipinski definition) is 6. The molecule has 2 amide bonds. The van der Waals surface area contributed by atoms with Crippen LogP contribution >= 0.6 is 0 Å². The number of amides is 2. The molecule has 9 nitrogen and oxygen atoms in total. The third-order valence-electron chi connectivity index (χ3n) is 5.27. The van der Waals surface area contributed by atoms with Crippen molar-refractivity contribution in [2.75, 3.05) is 18.6 Å². The topological polar surface area (TPSA) is 124 Å². The maximum absolute atomic E-state index is 13.4. The summed E-state index contributed by atoms with van der Waals surface area (Å²) in [7, 11) is 1.65. The average Bonchev–Trinajstić information content (AvgIpc) is 3.16. The van der Waals surface area contributed by atoms with E-state index in [0.29, 0.717) is 29.2 Å². The van der Waals surface area contributed by atoms with Gasteiger partial charge in [0.25, 0.3) is 11.8 Å². The van der Waals surface area contributed by atoms with Crippen molar-refractivity contribution in [3.63, 3.8) is 0 Å². The van der Waals surface area contributed by atoms with Gasteiger partial charge in [-0.2, -0.15) is 0 Å². The molecule has 0 unspecified atom stereocenters. The number of fused-ring (bicyclic) bond motifs is 1. The summed E-state index contributed by atoms with van der Waals surface area (Å²) in [5.41, 5.74) is 6.44. The van der Waals surface area contributed by atoms with Gasteiger partial charge >= 0.3 is 0 Å². The Kier molecular flexibility index (Phi) is 6.09. The number of benzene rings is 2. The van der Waals surface area contributed by atoms with Crippen LogP contribution in [0.4, 0.5) is 5.69 Å². The molecule has 9 heteroatoms. The number of carbonyl (C=O) groups is 2. The molecule has 0 radical (unpaired) electrons. The van der Waals surface area contributed by atoms with E-state index >= 15 is 0 Å². The molecule has 1 aliphatic heterocycles. The monoisotopic (exact) mass is 459 g/mol. The second-order valence-electron chi connectivity index (χ2n) is 8.54. The number of aromatic nitrogens is 3. The zero-order chi connectivity index (χ0) is 24.5. The Morgan fingerprint density at radius 1 is 1.26 bits per heavy atom. The number of rotatable bonds is 4. The van der Waals surface area contributed by atoms with Crippen molar-refractivity contribution in [1.82, 2.24) is 14.8 Å². The molecule has 0 spiro atoms. The highest BCUT2D eigenvalue weighted by Crippen LogP contribution is 2.34. The molecule has 174 valence electrons. The summed E-state index contributed by atoms with van der Waals surface area (Å²) in [4.78, 5) is 31.0. The van der Waals surface area contributed by atoms with E-state index < -0.39 is 17.6 Å². The number of likely N-dealkylation sites (N-methyl/N-ethyl adjacent to an activating group) is 1. The predicted molar refractivity (Wildman–Crippen MR) is 125 cm³/mol. The fourth-order valence-corrected chi connectivity index (χ4v) is 3.58. The second kappa shape index (κ2) is 9.00. The highest BCUT2D eigenvalue weighted by molar-refractivity contribution is 5.98. The van der Waals surface area contributed by atoms with E-state index in [9.17, 15) is 14.7 Å². The Morgan fingerprint density at radius 3 is 2.68 bits per heavy atom. The van der Waals surface area contributed by atoms with E-state index in [1.165, 1.54) is 9.58 Å². The van der Waals surface area contributed by atoms with Gasteiger partial charge in [-0.1, -0.05) is 42.2 Å². The summed E-state index contributed by atoms with van der Waals surface area (Å²) in [5.74, 6) is 5.37. The second-order valence-corrected chi connectivity index (χ2v) is 8.54. The van der Waals surface area contributed by atoms with Crippen molar-refractivity contribution in [3.05, 3.63) is 71.3 Å². The lowest BCUT2D eigenvalue weighted by atomic mass is 10.1. The van der Waals surface area contributed by atoms with E-state index in [1.807, 2.05) is 30.3 Å². The molecule has 2 heterocycles. The number of ether oxygens (including phenoxy) is 1. The van der Waals surface area contributed by atoms with Gasteiger partial charge in [-0.3, -0.25) is 9.59 Å². The highest BCUT2D eigenvalue weighted by atomic mass is 16.5. The maximum Gasteiger partial charge on any atom is 0.288 e. The number of nitrogens with zero attached hydrogens (tertiary/aromatic N) is 4. The van der Waals surface area contributed by atoms with Crippen molar-refractivity contribution in [2.24, 2.45) is 5.73 Å². The number of aliphatic hydroxyl groups is 1. The van der Waals surface area contributed by atoms with Crippen LogP contribution in [-0.2, 0) is 11.2 Å². The summed E-state index contributed by atoms with van der Waals surface area (Å²) in [6.07, 6.45) is 0.359. The van der Waals surface area contributed by atoms with Gasteiger partial charge in [0.15, 0.2) is 6.04 Å². The molecule has 4 rings (SSSR count). The van der Waals surface area contributed by atoms with E-state index in [-0.39, 0.29) is 18.3 Å². The predicted octanol–water partition coefficient (Wildman–Crippen LogP) is 1.69. The van der Waals surface area contributed by atoms with Crippen LogP contribution in [0.25, 0.3) is 0 Å². The molecule has 34 heavy (non-hydrogen) atoms. The third kappa shape index (κ3) is 4.92. The van der Waals surface area contributed by atoms with Gasteiger partial charge in [-0.25, -0.2) is 9.67 Å². The first-order valence-corrected chi connectivity index (χ1v) is 10.7. The fraction of sp³-hybridized carbons (Fsp3) is 0.280. The van der Waals surface area contributed by atoms with Gasteiger partial charge in [-0.05, 0) is 37.6 Å². The molecular formula is C25H25N5O4. The molecule has 0 fully saturated rings. The molecule has 0 bridgehead atoms. The Hall–Kier alpha value is -4.16. The molecule has 3 aromatic rings. The van der Waals surface area contributed by atoms with Gasteiger partial charge in [0.1, 0.15) is 23.8 Å². The van der Waals surface area contributed by atoms with Crippen molar-refractivity contribution < 1.29 is 19.4 Å². The SMILES string of the molecule is CN1C(=O)[C@@H](n2nc(C(N)=O)nc2Cc2ccccc2)COc2cc(C#CC(C)(C)O)ccc21. The van der Waals surface area contributed by atoms with Crippen LogP contribution in [0, 0.1) is 11.8 Å². The third-order valence-corrected chi connectivity index (χ3v) is 5.27. The molecule has 0 saturated heterocycles. The first kappa shape index (κ1) is 23.0. The van der Waals surface area contributed by atoms with Gasteiger partial charge < -0.3 is 20.5 Å². The van der Waals surface area contributed by atoms with E-state index in [1.54, 1.807) is 39.1 Å². The van der Waals surface area contributed by atoms with Crippen LogP contribution in [-0.4, -0.2) is 50.9 Å². The lowest BCUT2D eigenvalue weighted by Crippen LogP contribution is -2.36. The normalized spacial score (nSPS) is 15.6. The van der Waals surface area contributed by atoms with Gasteiger partial charge in [0.05, 0.1) is 5.69 Å². The number of anilines is 1. The van der Waals surface area contributed by atoms with Crippen LogP contribution in [0.2, 0.25) is 0 Å². The van der Waals surface area contributed by atoms with Crippen LogP contribution in [0.15, 0.2) is 48.5 Å². The molecule has 3 N–H and O–H groups in total. The molecule has 1 aromatic heterocycles. The van der Waals surface area contributed by atoms with Crippen LogP contribution in [0.3, 0.4) is 0 Å². The van der Waals surface area contributed by atoms with E-state index in [4.69, 9.17) is 10.5 Å². The lowest BCUT2D eigenvalue weighted by molar-refractivity contribution is -0.122. The zero-order valence-corrected chi connectivity index (χ0v) is 19.1. The average molecular weight is 460 g/mol. The van der Waals surface area contributed by atoms with Crippen molar-refractivity contribution >= 4 is 17.5 Å². The first-order chi connectivity index (χ1) is 16.1. The zero-order valence-electron chi connectivity index (χ0n) is 19.1. The Bertz CT molecular complexity index is 1300. The van der Waals surface area contributed by atoms with E-state index in [0.717, 1.165) is 5.56 Å². The minimum absolute atomic E-state index is 0.0259. The molecule has 1 aliphatic rings. The number of nitrogens with two attached hydrogens (primary N) is 1. The highest BCUT2D eigenvalue weighted by Gasteiger charge is 2.34. The molecular weight excluding hydrogens is 434 g/mol. The summed E-state index contributed by atoms with van der Waals surface area (Å²) in [6, 6.07) is 13.9. The largest absolute Gasteiger partial charge is 0.489 e. The Morgan fingerprint density at radius 2 is 2.00 bits per heavy atom. The van der Waals surface area contributed by atoms with Crippen molar-refractivity contribution in [2.45, 2.75) is 31.9 Å². The summed E-state index contributed by atoms with van der Waals surface area (Å²) in [6.45, 7) is 3.17. The number of hydrogen-bond donors (Lipinski definition) is 2. The van der Waals surface area contributed by atoms with Crippen molar-refractivity contribution in [3.8, 4) is 17.6 Å². The summed E-state index contributed by atoms with van der Waals surface area (Å²) < 4.78 is 7.43. The number of primary amides is 1. The minimum Gasteiger partial charge on any atom is -0.489 e. The summed E-state index contributed by atoms with van der Waals surface area (Å²) in [5, 5.41) is 14.1. The summed E-state index contributed by atoms with van der Waals surface area (Å²) >= 11 is 0. The number of carbonyl (C=O) groups excluding carboxylic acids is 2. The molecule has 1 atom stereocenters. The molecule has 2 aromatic carbocycles. The minimum atomic E-state index is -1.13. The van der Waals surface area contributed by atoms with Gasteiger partial charge in [-0.15, -0.1) is 5.10 Å². The van der Waals surface area contributed by atoms with E-state index in [2.05, 4.69) is 21.9 Å². The standard InChI is InChI=1S/C25H25N5O4/c1-25(2,33)12-11-17-9-10-18-20(13-17)34-15-19(24(32)29(18)3)30-21(27-23(28-30)22(26)31)14-16-7-5-4-6-8-16/h4-10,13,19,33H,14-15H2,1-3H3,(H2,26,31)/t19-/m0/s1. The molecule has 0 saturated carbocycles. The first-order valence-electron chi connectivity index (χ1n) is 10.7. The molecule has 0 aliphatic carbocycles. The van der Waals surface area contributed by atoms with Crippen molar-refractivity contribution in [1.29, 1.82) is 0 Å². The fourth-order valence-electron chi connectivity index (χ4n) is 3.58. The quantitative estimate of drug-likeness (QED) is 0.572. The van der Waals surface area contributed by atoms with Crippen LogP contribution in [0.5, 0.6) is 5.75 Å². The maximum atomic E-state index is 13.4. The Labute approximate surface area is 197 Å². The lowest BCUT2D eigenvalue weighted by Gasteiger charge is -2.20. The smallest absolute Gasteiger partial charge is 0.288 e.